The van der Waals surface area contributed by atoms with E-state index in [2.05, 4.69) is 9.47 Å². The summed E-state index contributed by atoms with van der Waals surface area (Å²) in [4.78, 5) is 11.1. The summed E-state index contributed by atoms with van der Waals surface area (Å²) in [7, 11) is 0. The van der Waals surface area contributed by atoms with Gasteiger partial charge in [0, 0.05) is 0 Å². The normalized spacial score (nSPS) is 12.1. The maximum atomic E-state index is 13.4. The molecule has 0 atom stereocenters. The molecule has 0 unspecified atom stereocenters. The molecule has 0 N–H and O–H groups in total. The molecule has 0 aliphatic heterocycles. The van der Waals surface area contributed by atoms with Crippen LogP contribution in [-0.2, 0) is 14.9 Å². The molecule has 106 valence electrons. The van der Waals surface area contributed by atoms with Crippen molar-refractivity contribution >= 4 is 5.97 Å². The zero-order valence-electron chi connectivity index (χ0n) is 11.5. The van der Waals surface area contributed by atoms with Crippen LogP contribution >= 0.6 is 0 Å². The first-order valence-electron chi connectivity index (χ1n) is 6.01. The molecule has 0 aliphatic rings. The molecule has 0 aromatic heterocycles. The fourth-order valence-electron chi connectivity index (χ4n) is 1.43. The smallest absolute Gasteiger partial charge is 0.459 e. The van der Waals surface area contributed by atoms with E-state index in [-0.39, 0.29) is 17.8 Å². The quantitative estimate of drug-likeness (QED) is 0.787. The number of alkyl halides is 2. The molecule has 0 saturated heterocycles. The number of rotatable bonds is 4. The molecule has 1 aromatic rings. The van der Waals surface area contributed by atoms with Crippen LogP contribution in [0, 0.1) is 0 Å². The van der Waals surface area contributed by atoms with Gasteiger partial charge in [-0.15, -0.1) is 0 Å². The highest BCUT2D eigenvalue weighted by molar-refractivity contribution is 5.76. The molecule has 0 fully saturated rings. The molecule has 5 heteroatoms. The molecule has 3 nitrogen and oxygen atoms in total. The fraction of sp³-hybridized carbons (Fsp3) is 0.500. The minimum absolute atomic E-state index is 0.0644. The van der Waals surface area contributed by atoms with E-state index in [1.807, 2.05) is 26.8 Å². The second-order valence-corrected chi connectivity index (χ2v) is 5.12. The predicted octanol–water partition coefficient (Wildman–Crippen LogP) is 3.52. The SMILES string of the molecule is CCOC(=O)C(F)(F)Oc1cccc(C(C)(C)C)c1. The number of carbonyl (C=O) groups is 1. The first-order chi connectivity index (χ1) is 8.66. The molecule has 0 amide bonds. The van der Waals surface area contributed by atoms with E-state index >= 15 is 0 Å². The Morgan fingerprint density at radius 2 is 1.89 bits per heavy atom. The lowest BCUT2D eigenvalue weighted by Crippen LogP contribution is -2.36. The molecule has 1 aromatic carbocycles. The third-order valence-corrected chi connectivity index (χ3v) is 2.46. The minimum atomic E-state index is -3.98. The molecule has 0 radical (unpaired) electrons. The number of esters is 1. The van der Waals surface area contributed by atoms with Crippen molar-refractivity contribution in [3.05, 3.63) is 29.8 Å². The molecular weight excluding hydrogens is 254 g/mol. The number of halogens is 2. The van der Waals surface area contributed by atoms with E-state index in [0.717, 1.165) is 5.56 Å². The standard InChI is InChI=1S/C14H18F2O3/c1-5-18-12(17)14(15,16)19-11-8-6-7-10(9-11)13(2,3)4/h6-9H,5H2,1-4H3. The van der Waals surface area contributed by atoms with E-state index < -0.39 is 12.1 Å². The van der Waals surface area contributed by atoms with Crippen molar-refractivity contribution in [3.63, 3.8) is 0 Å². The third-order valence-electron chi connectivity index (χ3n) is 2.46. The van der Waals surface area contributed by atoms with Gasteiger partial charge in [-0.3, -0.25) is 0 Å². The van der Waals surface area contributed by atoms with Crippen LogP contribution in [0.5, 0.6) is 5.75 Å². The lowest BCUT2D eigenvalue weighted by Gasteiger charge is -2.21. The number of ether oxygens (including phenoxy) is 2. The van der Waals surface area contributed by atoms with Gasteiger partial charge in [-0.1, -0.05) is 32.9 Å². The van der Waals surface area contributed by atoms with Gasteiger partial charge in [0.2, 0.25) is 0 Å². The van der Waals surface area contributed by atoms with Gasteiger partial charge in [-0.05, 0) is 30.0 Å². The van der Waals surface area contributed by atoms with Crippen molar-refractivity contribution in [2.45, 2.75) is 39.2 Å². The Kier molecular flexibility index (Phi) is 4.50. The zero-order valence-corrected chi connectivity index (χ0v) is 11.5. The first-order valence-corrected chi connectivity index (χ1v) is 6.01. The molecule has 19 heavy (non-hydrogen) atoms. The summed E-state index contributed by atoms with van der Waals surface area (Å²) in [5.74, 6) is -1.75. The van der Waals surface area contributed by atoms with E-state index in [4.69, 9.17) is 0 Å². The highest BCUT2D eigenvalue weighted by Gasteiger charge is 2.44. The fourth-order valence-corrected chi connectivity index (χ4v) is 1.43. The minimum Gasteiger partial charge on any atom is -0.459 e. The average molecular weight is 272 g/mol. The van der Waals surface area contributed by atoms with Gasteiger partial charge < -0.3 is 9.47 Å². The van der Waals surface area contributed by atoms with Gasteiger partial charge in [0.05, 0.1) is 6.61 Å². The summed E-state index contributed by atoms with van der Waals surface area (Å²) < 4.78 is 35.5. The van der Waals surface area contributed by atoms with Crippen LogP contribution in [0.3, 0.4) is 0 Å². The van der Waals surface area contributed by atoms with Crippen molar-refractivity contribution in [1.29, 1.82) is 0 Å². The molecule has 1 rings (SSSR count). The van der Waals surface area contributed by atoms with Crippen molar-refractivity contribution in [3.8, 4) is 5.75 Å². The zero-order chi connectivity index (χ0) is 14.7. The third kappa shape index (κ3) is 4.19. The Morgan fingerprint density at radius 3 is 2.42 bits per heavy atom. The van der Waals surface area contributed by atoms with Crippen molar-refractivity contribution in [2.24, 2.45) is 0 Å². The van der Waals surface area contributed by atoms with Crippen molar-refractivity contribution in [2.75, 3.05) is 6.61 Å². The summed E-state index contributed by atoms with van der Waals surface area (Å²) >= 11 is 0. The van der Waals surface area contributed by atoms with Gasteiger partial charge >= 0.3 is 12.1 Å². The number of hydrogen-bond donors (Lipinski definition) is 0. The molecule has 0 aliphatic carbocycles. The van der Waals surface area contributed by atoms with E-state index in [9.17, 15) is 13.6 Å². The molecule has 0 heterocycles. The van der Waals surface area contributed by atoms with Crippen molar-refractivity contribution < 1.29 is 23.0 Å². The Morgan fingerprint density at radius 1 is 1.26 bits per heavy atom. The summed E-state index contributed by atoms with van der Waals surface area (Å²) in [6.07, 6.45) is -3.98. The number of hydrogen-bond acceptors (Lipinski definition) is 3. The topological polar surface area (TPSA) is 35.5 Å². The van der Waals surface area contributed by atoms with Crippen LogP contribution in [0.1, 0.15) is 33.3 Å². The van der Waals surface area contributed by atoms with Crippen LogP contribution < -0.4 is 4.74 Å². The lowest BCUT2D eigenvalue weighted by atomic mass is 9.87. The molecule has 0 saturated carbocycles. The number of carbonyl (C=O) groups excluding carboxylic acids is 1. The van der Waals surface area contributed by atoms with Gasteiger partial charge in [0.15, 0.2) is 0 Å². The highest BCUT2D eigenvalue weighted by atomic mass is 19.3. The second-order valence-electron chi connectivity index (χ2n) is 5.12. The monoisotopic (exact) mass is 272 g/mol. The molecule has 0 spiro atoms. The summed E-state index contributed by atoms with van der Waals surface area (Å²) in [5, 5.41) is 0. The van der Waals surface area contributed by atoms with Gasteiger partial charge in [0.1, 0.15) is 5.75 Å². The van der Waals surface area contributed by atoms with E-state index in [1.54, 1.807) is 6.07 Å². The highest BCUT2D eigenvalue weighted by Crippen LogP contribution is 2.28. The predicted molar refractivity (Wildman–Crippen MR) is 67.4 cm³/mol. The van der Waals surface area contributed by atoms with Crippen LogP contribution in [0.25, 0.3) is 0 Å². The van der Waals surface area contributed by atoms with E-state index in [0.29, 0.717) is 0 Å². The van der Waals surface area contributed by atoms with E-state index in [1.165, 1.54) is 19.1 Å². The maximum Gasteiger partial charge on any atom is 0.502 e. The Balaban J connectivity index is 2.91. The Labute approximate surface area is 111 Å². The second kappa shape index (κ2) is 5.55. The summed E-state index contributed by atoms with van der Waals surface area (Å²) in [6.45, 7) is 7.19. The van der Waals surface area contributed by atoms with Crippen molar-refractivity contribution in [1.82, 2.24) is 0 Å². The first kappa shape index (κ1) is 15.4. The summed E-state index contributed by atoms with van der Waals surface area (Å²) in [6, 6.07) is 6.29. The van der Waals surface area contributed by atoms with Crippen LogP contribution in [0.2, 0.25) is 0 Å². The maximum absolute atomic E-state index is 13.4. The average Bonchev–Trinajstić information content (AvgIpc) is 2.28. The van der Waals surface area contributed by atoms with Gasteiger partial charge in [-0.25, -0.2) is 4.79 Å². The Hall–Kier alpha value is -1.65. The van der Waals surface area contributed by atoms with Gasteiger partial charge in [-0.2, -0.15) is 8.78 Å². The molecular formula is C14H18F2O3. The van der Waals surface area contributed by atoms with Crippen LogP contribution in [0.4, 0.5) is 8.78 Å². The summed E-state index contributed by atoms with van der Waals surface area (Å²) in [5.41, 5.74) is 0.642. The van der Waals surface area contributed by atoms with Crippen LogP contribution in [-0.4, -0.2) is 18.7 Å². The largest absolute Gasteiger partial charge is 0.502 e. The Bertz CT molecular complexity index is 450. The molecule has 0 bridgehead atoms. The van der Waals surface area contributed by atoms with Crippen LogP contribution in [0.15, 0.2) is 24.3 Å². The number of benzene rings is 1. The lowest BCUT2D eigenvalue weighted by molar-refractivity contribution is -0.216. The van der Waals surface area contributed by atoms with Gasteiger partial charge in [0.25, 0.3) is 0 Å².